The minimum atomic E-state index is -0.630. The summed E-state index contributed by atoms with van der Waals surface area (Å²) in [5.74, 6) is -1.38. The van der Waals surface area contributed by atoms with Crippen LogP contribution in [0, 0.1) is 11.6 Å². The van der Waals surface area contributed by atoms with E-state index in [1.165, 1.54) is 24.3 Å². The maximum Gasteiger partial charge on any atom is 0.251 e. The van der Waals surface area contributed by atoms with Gasteiger partial charge in [0.1, 0.15) is 11.6 Å². The van der Waals surface area contributed by atoms with Gasteiger partial charge in [0.15, 0.2) is 0 Å². The van der Waals surface area contributed by atoms with Gasteiger partial charge in [-0.3, -0.25) is 4.79 Å². The molecule has 0 aliphatic heterocycles. The number of rotatable bonds is 3. The fourth-order valence-corrected chi connectivity index (χ4v) is 1.56. The normalized spacial score (nSPS) is 10.2. The van der Waals surface area contributed by atoms with E-state index in [1.807, 2.05) is 0 Å². The molecule has 0 heterocycles. The Morgan fingerprint density at radius 3 is 2.42 bits per heavy atom. The summed E-state index contributed by atoms with van der Waals surface area (Å²) in [7, 11) is 0. The summed E-state index contributed by atoms with van der Waals surface area (Å²) in [5.41, 5.74) is 6.27. The van der Waals surface area contributed by atoms with Crippen molar-refractivity contribution in [2.75, 3.05) is 5.73 Å². The number of carbonyl (C=O) groups is 1. The number of carbonyl (C=O) groups excluding carboxylic acids is 1. The molecule has 3 nitrogen and oxygen atoms in total. The number of amides is 1. The second-order valence-corrected chi connectivity index (χ2v) is 4.05. The second-order valence-electron chi connectivity index (χ2n) is 4.05. The third-order valence-electron chi connectivity index (χ3n) is 2.63. The van der Waals surface area contributed by atoms with Crippen molar-refractivity contribution in [1.29, 1.82) is 0 Å². The summed E-state index contributed by atoms with van der Waals surface area (Å²) in [4.78, 5) is 11.8. The molecule has 0 saturated carbocycles. The molecule has 0 bridgehead atoms. The summed E-state index contributed by atoms with van der Waals surface area (Å²) < 4.78 is 25.9. The molecule has 5 heteroatoms. The van der Waals surface area contributed by atoms with Gasteiger partial charge < -0.3 is 11.1 Å². The predicted molar refractivity (Wildman–Crippen MR) is 68.4 cm³/mol. The maximum atomic E-state index is 13.2. The van der Waals surface area contributed by atoms with Crippen molar-refractivity contribution in [3.63, 3.8) is 0 Å². The minimum Gasteiger partial charge on any atom is -0.396 e. The fraction of sp³-hybridized carbons (Fsp3) is 0.0714. The molecule has 0 aliphatic carbocycles. The van der Waals surface area contributed by atoms with Gasteiger partial charge in [0.05, 0.1) is 5.69 Å². The lowest BCUT2D eigenvalue weighted by Crippen LogP contribution is -2.22. The highest BCUT2D eigenvalue weighted by Crippen LogP contribution is 2.12. The Bertz CT molecular complexity index is 597. The second kappa shape index (κ2) is 5.48. The van der Waals surface area contributed by atoms with Crippen LogP contribution in [0.4, 0.5) is 14.5 Å². The molecule has 0 unspecified atom stereocenters. The SMILES string of the molecule is Nc1ccc(C(=O)NCc2ccc(F)cc2)cc1F. The number of nitrogens with one attached hydrogen (secondary N) is 1. The van der Waals surface area contributed by atoms with E-state index in [-0.39, 0.29) is 23.6 Å². The van der Waals surface area contributed by atoms with Crippen LogP contribution in [-0.4, -0.2) is 5.91 Å². The van der Waals surface area contributed by atoms with Gasteiger partial charge in [-0.15, -0.1) is 0 Å². The summed E-state index contributed by atoms with van der Waals surface area (Å²) in [5, 5.41) is 2.61. The van der Waals surface area contributed by atoms with Gasteiger partial charge in [-0.1, -0.05) is 12.1 Å². The molecule has 2 aromatic rings. The molecule has 3 N–H and O–H groups in total. The average molecular weight is 262 g/mol. The van der Waals surface area contributed by atoms with Crippen molar-refractivity contribution < 1.29 is 13.6 Å². The summed E-state index contributed by atoms with van der Waals surface area (Å²) in [6.45, 7) is 0.241. The highest BCUT2D eigenvalue weighted by molar-refractivity contribution is 5.94. The van der Waals surface area contributed by atoms with Crippen LogP contribution < -0.4 is 11.1 Å². The molecule has 0 spiro atoms. The Morgan fingerprint density at radius 1 is 1.11 bits per heavy atom. The lowest BCUT2D eigenvalue weighted by molar-refractivity contribution is 0.0950. The monoisotopic (exact) mass is 262 g/mol. The van der Waals surface area contributed by atoms with Crippen LogP contribution in [0.1, 0.15) is 15.9 Å². The van der Waals surface area contributed by atoms with Crippen molar-refractivity contribution in [3.05, 3.63) is 65.2 Å². The summed E-state index contributed by atoms with van der Waals surface area (Å²) in [6.07, 6.45) is 0. The summed E-state index contributed by atoms with van der Waals surface area (Å²) in [6, 6.07) is 9.61. The maximum absolute atomic E-state index is 13.2. The third kappa shape index (κ3) is 3.28. The summed E-state index contributed by atoms with van der Waals surface area (Å²) >= 11 is 0. The quantitative estimate of drug-likeness (QED) is 0.835. The van der Waals surface area contributed by atoms with Crippen molar-refractivity contribution in [2.45, 2.75) is 6.54 Å². The molecule has 2 aromatic carbocycles. The Labute approximate surface area is 109 Å². The van der Waals surface area contributed by atoms with Gasteiger partial charge in [-0.2, -0.15) is 0 Å². The van der Waals surface area contributed by atoms with Gasteiger partial charge in [0.25, 0.3) is 5.91 Å². The Balaban J connectivity index is 2.01. The zero-order valence-electron chi connectivity index (χ0n) is 9.99. The first-order valence-corrected chi connectivity index (χ1v) is 5.64. The first-order chi connectivity index (χ1) is 9.06. The third-order valence-corrected chi connectivity index (χ3v) is 2.63. The van der Waals surface area contributed by atoms with Crippen molar-refractivity contribution in [2.24, 2.45) is 0 Å². The van der Waals surface area contributed by atoms with Gasteiger partial charge in [-0.25, -0.2) is 8.78 Å². The van der Waals surface area contributed by atoms with E-state index in [0.29, 0.717) is 0 Å². The molecular weight excluding hydrogens is 250 g/mol. The van der Waals surface area contributed by atoms with Crippen molar-refractivity contribution in [1.82, 2.24) is 5.32 Å². The van der Waals surface area contributed by atoms with Crippen molar-refractivity contribution in [3.8, 4) is 0 Å². The fourth-order valence-electron chi connectivity index (χ4n) is 1.56. The van der Waals surface area contributed by atoms with E-state index in [1.54, 1.807) is 12.1 Å². The van der Waals surface area contributed by atoms with Crippen LogP contribution in [0.2, 0.25) is 0 Å². The Morgan fingerprint density at radius 2 is 1.79 bits per heavy atom. The Kier molecular flexibility index (Phi) is 3.75. The topological polar surface area (TPSA) is 55.1 Å². The molecule has 0 aromatic heterocycles. The van der Waals surface area contributed by atoms with Crippen LogP contribution in [0.5, 0.6) is 0 Å². The zero-order valence-corrected chi connectivity index (χ0v) is 9.99. The largest absolute Gasteiger partial charge is 0.396 e. The first kappa shape index (κ1) is 13.0. The molecule has 0 fully saturated rings. The molecule has 98 valence electrons. The molecular formula is C14H12F2N2O. The van der Waals surface area contributed by atoms with Crippen LogP contribution in [0.3, 0.4) is 0 Å². The van der Waals surface area contributed by atoms with Crippen LogP contribution in [-0.2, 0) is 6.54 Å². The highest BCUT2D eigenvalue weighted by Gasteiger charge is 2.08. The Hall–Kier alpha value is -2.43. The standard InChI is InChI=1S/C14H12F2N2O/c15-11-4-1-9(2-5-11)8-18-14(19)10-3-6-13(17)12(16)7-10/h1-7H,8,17H2,(H,18,19). The number of benzene rings is 2. The van der Waals surface area contributed by atoms with E-state index < -0.39 is 11.7 Å². The lowest BCUT2D eigenvalue weighted by atomic mass is 10.1. The smallest absolute Gasteiger partial charge is 0.251 e. The molecule has 19 heavy (non-hydrogen) atoms. The molecule has 2 rings (SSSR count). The molecule has 1 amide bonds. The van der Waals surface area contributed by atoms with E-state index in [9.17, 15) is 13.6 Å². The lowest BCUT2D eigenvalue weighted by Gasteiger charge is -2.06. The number of hydrogen-bond donors (Lipinski definition) is 2. The zero-order chi connectivity index (χ0) is 13.8. The number of nitrogen functional groups attached to an aromatic ring is 1. The van der Waals surface area contributed by atoms with Gasteiger partial charge in [-0.05, 0) is 35.9 Å². The van der Waals surface area contributed by atoms with E-state index >= 15 is 0 Å². The van der Waals surface area contributed by atoms with E-state index in [2.05, 4.69) is 5.32 Å². The highest BCUT2D eigenvalue weighted by atomic mass is 19.1. The molecule has 0 atom stereocenters. The van der Waals surface area contributed by atoms with Crippen LogP contribution in [0.25, 0.3) is 0 Å². The number of nitrogens with two attached hydrogens (primary N) is 1. The van der Waals surface area contributed by atoms with Crippen LogP contribution in [0.15, 0.2) is 42.5 Å². The molecule has 0 aliphatic rings. The van der Waals surface area contributed by atoms with Gasteiger partial charge in [0, 0.05) is 12.1 Å². The first-order valence-electron chi connectivity index (χ1n) is 5.64. The molecule has 0 radical (unpaired) electrons. The predicted octanol–water partition coefficient (Wildman–Crippen LogP) is 2.48. The number of hydrogen-bond acceptors (Lipinski definition) is 2. The minimum absolute atomic E-state index is 0.00455. The van der Waals surface area contributed by atoms with E-state index in [4.69, 9.17) is 5.73 Å². The number of anilines is 1. The van der Waals surface area contributed by atoms with Gasteiger partial charge in [0.2, 0.25) is 0 Å². The van der Waals surface area contributed by atoms with E-state index in [0.717, 1.165) is 11.6 Å². The van der Waals surface area contributed by atoms with Crippen LogP contribution >= 0.6 is 0 Å². The van der Waals surface area contributed by atoms with Crippen molar-refractivity contribution >= 4 is 11.6 Å². The number of halogens is 2. The van der Waals surface area contributed by atoms with Gasteiger partial charge >= 0.3 is 0 Å². The average Bonchev–Trinajstić information content (AvgIpc) is 2.41. The molecule has 0 saturated heterocycles.